The highest BCUT2D eigenvalue weighted by molar-refractivity contribution is 9.10. The highest BCUT2D eigenvalue weighted by atomic mass is 79.9. The van der Waals surface area contributed by atoms with Crippen molar-refractivity contribution in [3.63, 3.8) is 0 Å². The van der Waals surface area contributed by atoms with Gasteiger partial charge in [0.25, 0.3) is 5.91 Å². The van der Waals surface area contributed by atoms with Crippen molar-refractivity contribution in [2.24, 2.45) is 0 Å². The van der Waals surface area contributed by atoms with Crippen LogP contribution in [0.5, 0.6) is 0 Å². The molecular weight excluding hydrogens is 256 g/mol. The summed E-state index contributed by atoms with van der Waals surface area (Å²) in [5.41, 5.74) is 6.87. The van der Waals surface area contributed by atoms with Crippen molar-refractivity contribution in [3.05, 3.63) is 28.2 Å². The number of nitrogens with two attached hydrogens (primary N) is 1. The monoisotopic (exact) mass is 270 g/mol. The lowest BCUT2D eigenvalue weighted by atomic mass is 10.2. The maximum absolute atomic E-state index is 11.9. The molecule has 15 heavy (non-hydrogen) atoms. The fraction of sp³-hybridized carbons (Fsp3) is 0.364. The summed E-state index contributed by atoms with van der Waals surface area (Å²) in [6.45, 7) is 2.79. The Morgan fingerprint density at radius 1 is 1.53 bits per heavy atom. The number of amides is 1. The predicted octanol–water partition coefficient (Wildman–Crippen LogP) is 2.51. The van der Waals surface area contributed by atoms with Gasteiger partial charge in [0, 0.05) is 23.8 Å². The van der Waals surface area contributed by atoms with E-state index < -0.39 is 0 Å². The first kappa shape index (κ1) is 12.0. The van der Waals surface area contributed by atoms with Crippen LogP contribution in [0.25, 0.3) is 0 Å². The van der Waals surface area contributed by atoms with E-state index in [1.54, 1.807) is 30.1 Å². The normalized spacial score (nSPS) is 10.1. The van der Waals surface area contributed by atoms with Gasteiger partial charge in [0.2, 0.25) is 0 Å². The lowest BCUT2D eigenvalue weighted by Crippen LogP contribution is -2.27. The average molecular weight is 271 g/mol. The Hall–Kier alpha value is -1.03. The Morgan fingerprint density at radius 2 is 2.20 bits per heavy atom. The van der Waals surface area contributed by atoms with E-state index in [-0.39, 0.29) is 5.91 Å². The second-order valence-electron chi connectivity index (χ2n) is 3.47. The SMILES string of the molecule is CCCN(C)C(=O)c1cc(N)ccc1Br. The van der Waals surface area contributed by atoms with Crippen LogP contribution < -0.4 is 5.73 Å². The highest BCUT2D eigenvalue weighted by Crippen LogP contribution is 2.20. The van der Waals surface area contributed by atoms with Gasteiger partial charge in [-0.3, -0.25) is 4.79 Å². The first-order valence-corrected chi connectivity index (χ1v) is 5.66. The summed E-state index contributed by atoms with van der Waals surface area (Å²) < 4.78 is 0.782. The predicted molar refractivity (Wildman–Crippen MR) is 65.8 cm³/mol. The zero-order valence-corrected chi connectivity index (χ0v) is 10.5. The number of halogens is 1. The third kappa shape index (κ3) is 2.96. The van der Waals surface area contributed by atoms with Crippen molar-refractivity contribution < 1.29 is 4.79 Å². The van der Waals surface area contributed by atoms with Crippen molar-refractivity contribution in [2.75, 3.05) is 19.3 Å². The molecule has 3 nitrogen and oxygen atoms in total. The molecule has 0 bridgehead atoms. The van der Waals surface area contributed by atoms with E-state index in [4.69, 9.17) is 5.73 Å². The topological polar surface area (TPSA) is 46.3 Å². The first-order chi connectivity index (χ1) is 7.06. The second kappa shape index (κ2) is 5.16. The molecule has 1 amide bonds. The number of rotatable bonds is 3. The molecule has 0 aliphatic carbocycles. The molecule has 0 fully saturated rings. The zero-order chi connectivity index (χ0) is 11.4. The van der Waals surface area contributed by atoms with Crippen LogP contribution in [0.4, 0.5) is 5.69 Å². The smallest absolute Gasteiger partial charge is 0.254 e. The van der Waals surface area contributed by atoms with Gasteiger partial charge in [-0.25, -0.2) is 0 Å². The molecule has 0 radical (unpaired) electrons. The summed E-state index contributed by atoms with van der Waals surface area (Å²) in [4.78, 5) is 13.6. The van der Waals surface area contributed by atoms with Gasteiger partial charge in [0.15, 0.2) is 0 Å². The van der Waals surface area contributed by atoms with Crippen LogP contribution >= 0.6 is 15.9 Å². The van der Waals surface area contributed by atoms with Crippen molar-refractivity contribution in [1.29, 1.82) is 0 Å². The van der Waals surface area contributed by atoms with E-state index in [1.165, 1.54) is 0 Å². The van der Waals surface area contributed by atoms with Gasteiger partial charge < -0.3 is 10.6 Å². The molecule has 0 spiro atoms. The van der Waals surface area contributed by atoms with Crippen LogP contribution in [0.1, 0.15) is 23.7 Å². The molecule has 0 heterocycles. The van der Waals surface area contributed by atoms with Gasteiger partial charge in [-0.2, -0.15) is 0 Å². The summed E-state index contributed by atoms with van der Waals surface area (Å²) in [6, 6.07) is 5.25. The molecule has 0 aromatic heterocycles. The van der Waals surface area contributed by atoms with E-state index in [2.05, 4.69) is 15.9 Å². The molecule has 0 atom stereocenters. The van der Waals surface area contributed by atoms with Crippen molar-refractivity contribution in [2.45, 2.75) is 13.3 Å². The van der Waals surface area contributed by atoms with Gasteiger partial charge in [0.1, 0.15) is 0 Å². The molecule has 1 aromatic rings. The van der Waals surface area contributed by atoms with Crippen LogP contribution in [0, 0.1) is 0 Å². The van der Waals surface area contributed by atoms with Crippen LogP contribution in [-0.4, -0.2) is 24.4 Å². The first-order valence-electron chi connectivity index (χ1n) is 4.86. The number of hydrogen-bond donors (Lipinski definition) is 1. The molecule has 0 aliphatic rings. The standard InChI is InChI=1S/C11H15BrN2O/c1-3-6-14(2)11(15)9-7-8(13)4-5-10(9)12/h4-5,7H,3,6,13H2,1-2H3. The molecule has 0 aliphatic heterocycles. The minimum atomic E-state index is -0.00368. The van der Waals surface area contributed by atoms with Crippen molar-refractivity contribution in [3.8, 4) is 0 Å². The Labute approximate surface area is 98.4 Å². The summed E-state index contributed by atoms with van der Waals surface area (Å²) in [5.74, 6) is -0.00368. The summed E-state index contributed by atoms with van der Waals surface area (Å²) in [5, 5.41) is 0. The van der Waals surface area contributed by atoms with E-state index in [1.807, 2.05) is 6.92 Å². The van der Waals surface area contributed by atoms with Gasteiger partial charge in [-0.05, 0) is 40.5 Å². The number of nitrogen functional groups attached to an aromatic ring is 1. The average Bonchev–Trinajstić information content (AvgIpc) is 2.21. The molecule has 0 unspecified atom stereocenters. The summed E-state index contributed by atoms with van der Waals surface area (Å²) >= 11 is 3.35. The van der Waals surface area contributed by atoms with Crippen LogP contribution in [0.15, 0.2) is 22.7 Å². The lowest BCUT2D eigenvalue weighted by Gasteiger charge is -2.17. The van der Waals surface area contributed by atoms with Crippen LogP contribution in [0.3, 0.4) is 0 Å². The number of carbonyl (C=O) groups excluding carboxylic acids is 1. The Morgan fingerprint density at radius 3 is 2.80 bits per heavy atom. The number of hydrogen-bond acceptors (Lipinski definition) is 2. The second-order valence-corrected chi connectivity index (χ2v) is 4.32. The van der Waals surface area contributed by atoms with Crippen LogP contribution in [0.2, 0.25) is 0 Å². The number of carbonyl (C=O) groups is 1. The van der Waals surface area contributed by atoms with Crippen molar-refractivity contribution in [1.82, 2.24) is 4.90 Å². The molecule has 82 valence electrons. The zero-order valence-electron chi connectivity index (χ0n) is 8.96. The molecule has 2 N–H and O–H groups in total. The fourth-order valence-electron chi connectivity index (χ4n) is 1.35. The van der Waals surface area contributed by atoms with Gasteiger partial charge in [-0.1, -0.05) is 6.92 Å². The van der Waals surface area contributed by atoms with E-state index >= 15 is 0 Å². The molecule has 0 saturated carbocycles. The van der Waals surface area contributed by atoms with E-state index in [0.717, 1.165) is 17.4 Å². The van der Waals surface area contributed by atoms with Crippen LogP contribution in [-0.2, 0) is 0 Å². The van der Waals surface area contributed by atoms with Gasteiger partial charge in [-0.15, -0.1) is 0 Å². The van der Waals surface area contributed by atoms with Gasteiger partial charge in [0.05, 0.1) is 5.56 Å². The van der Waals surface area contributed by atoms with E-state index in [0.29, 0.717) is 11.3 Å². The van der Waals surface area contributed by atoms with E-state index in [9.17, 15) is 4.79 Å². The number of anilines is 1. The Kier molecular flexibility index (Phi) is 4.15. The quantitative estimate of drug-likeness (QED) is 0.858. The lowest BCUT2D eigenvalue weighted by molar-refractivity contribution is 0.0794. The number of nitrogens with zero attached hydrogens (tertiary/aromatic N) is 1. The molecular formula is C11H15BrN2O. The van der Waals surface area contributed by atoms with Crippen molar-refractivity contribution >= 4 is 27.5 Å². The molecule has 0 saturated heterocycles. The third-order valence-electron chi connectivity index (χ3n) is 2.13. The summed E-state index contributed by atoms with van der Waals surface area (Å²) in [7, 11) is 1.79. The Bertz CT molecular complexity index is 366. The minimum Gasteiger partial charge on any atom is -0.399 e. The fourth-order valence-corrected chi connectivity index (χ4v) is 1.77. The molecule has 4 heteroatoms. The van der Waals surface area contributed by atoms with Gasteiger partial charge >= 0.3 is 0 Å². The maximum atomic E-state index is 11.9. The number of benzene rings is 1. The third-order valence-corrected chi connectivity index (χ3v) is 2.82. The Balaban J connectivity index is 2.95. The molecule has 1 aromatic carbocycles. The largest absolute Gasteiger partial charge is 0.399 e. The maximum Gasteiger partial charge on any atom is 0.254 e. The highest BCUT2D eigenvalue weighted by Gasteiger charge is 2.14. The summed E-state index contributed by atoms with van der Waals surface area (Å²) in [6.07, 6.45) is 0.947. The minimum absolute atomic E-state index is 0.00368. The molecule has 1 rings (SSSR count).